The van der Waals surface area contributed by atoms with Gasteiger partial charge in [0.1, 0.15) is 10.7 Å². The smallest absolute Gasteiger partial charge is 0.119 e. The van der Waals surface area contributed by atoms with Gasteiger partial charge in [0.15, 0.2) is 0 Å². The summed E-state index contributed by atoms with van der Waals surface area (Å²) in [4.78, 5) is 0.363. The molecule has 1 aromatic heterocycles. The monoisotopic (exact) mass is 247 g/mol. The Hall–Kier alpha value is -1.88. The van der Waals surface area contributed by atoms with Crippen LogP contribution in [0, 0.1) is 6.92 Å². The van der Waals surface area contributed by atoms with Crippen LogP contribution < -0.4 is 10.5 Å². The first-order valence-corrected chi connectivity index (χ1v) is 5.53. The van der Waals surface area contributed by atoms with E-state index in [-0.39, 0.29) is 0 Å². The predicted molar refractivity (Wildman–Crippen MR) is 70.7 cm³/mol. The molecule has 0 unspecified atom stereocenters. The molecule has 0 aliphatic carbocycles. The molecule has 17 heavy (non-hydrogen) atoms. The van der Waals surface area contributed by atoms with Crippen molar-refractivity contribution in [2.45, 2.75) is 6.92 Å². The van der Waals surface area contributed by atoms with Crippen molar-refractivity contribution in [1.82, 2.24) is 9.78 Å². The van der Waals surface area contributed by atoms with Crippen molar-refractivity contribution in [2.24, 2.45) is 5.73 Å². The Bertz CT molecular complexity index is 545. The van der Waals surface area contributed by atoms with Crippen molar-refractivity contribution < 1.29 is 4.74 Å². The summed E-state index contributed by atoms with van der Waals surface area (Å²) in [5.74, 6) is 0.813. The largest absolute Gasteiger partial charge is 0.497 e. The molecule has 2 N–H and O–H groups in total. The van der Waals surface area contributed by atoms with Crippen molar-refractivity contribution >= 4 is 17.2 Å². The summed E-state index contributed by atoms with van der Waals surface area (Å²) < 4.78 is 6.91. The van der Waals surface area contributed by atoms with E-state index in [1.165, 1.54) is 0 Å². The maximum atomic E-state index is 5.61. The third-order valence-electron chi connectivity index (χ3n) is 2.59. The van der Waals surface area contributed by atoms with Gasteiger partial charge in [0.2, 0.25) is 0 Å². The number of ether oxygens (including phenoxy) is 1. The van der Waals surface area contributed by atoms with Gasteiger partial charge in [0.25, 0.3) is 0 Å². The van der Waals surface area contributed by atoms with Crippen molar-refractivity contribution in [2.75, 3.05) is 7.11 Å². The average Bonchev–Trinajstić information content (AvgIpc) is 2.71. The Morgan fingerprint density at radius 2 is 2.00 bits per heavy atom. The van der Waals surface area contributed by atoms with Crippen molar-refractivity contribution in [3.05, 3.63) is 41.7 Å². The average molecular weight is 247 g/mol. The molecule has 0 atom stereocenters. The first-order valence-electron chi connectivity index (χ1n) is 5.12. The highest BCUT2D eigenvalue weighted by Gasteiger charge is 2.09. The molecule has 0 radical (unpaired) electrons. The molecule has 2 aromatic rings. The minimum atomic E-state index is 0.363. The number of rotatable bonds is 3. The fourth-order valence-electron chi connectivity index (χ4n) is 1.64. The molecule has 5 heteroatoms. The van der Waals surface area contributed by atoms with E-state index in [0.717, 1.165) is 22.7 Å². The lowest BCUT2D eigenvalue weighted by atomic mass is 10.2. The number of methoxy groups -OCH3 is 1. The second-order valence-electron chi connectivity index (χ2n) is 3.62. The van der Waals surface area contributed by atoms with Gasteiger partial charge in [-0.1, -0.05) is 12.2 Å². The van der Waals surface area contributed by atoms with E-state index in [2.05, 4.69) is 5.10 Å². The molecule has 0 amide bonds. The van der Waals surface area contributed by atoms with E-state index >= 15 is 0 Å². The van der Waals surface area contributed by atoms with E-state index in [9.17, 15) is 0 Å². The van der Waals surface area contributed by atoms with Gasteiger partial charge in [-0.3, -0.25) is 0 Å². The quantitative estimate of drug-likeness (QED) is 0.841. The molecule has 88 valence electrons. The van der Waals surface area contributed by atoms with E-state index < -0.39 is 0 Å². The van der Waals surface area contributed by atoms with Crippen LogP contribution in [0.25, 0.3) is 5.69 Å². The van der Waals surface area contributed by atoms with E-state index in [1.54, 1.807) is 18.0 Å². The van der Waals surface area contributed by atoms with Gasteiger partial charge in [0.05, 0.1) is 30.3 Å². The Kier molecular flexibility index (Phi) is 3.10. The lowest BCUT2D eigenvalue weighted by molar-refractivity contribution is 0.414. The Morgan fingerprint density at radius 1 is 1.35 bits per heavy atom. The molecule has 0 aliphatic rings. The molecule has 0 fully saturated rings. The van der Waals surface area contributed by atoms with Gasteiger partial charge in [-0.05, 0) is 31.2 Å². The van der Waals surface area contributed by atoms with Gasteiger partial charge in [-0.25, -0.2) is 4.68 Å². The number of nitrogens with two attached hydrogens (primary N) is 1. The lowest BCUT2D eigenvalue weighted by Crippen LogP contribution is -2.10. The minimum absolute atomic E-state index is 0.363. The SMILES string of the molecule is COc1ccc(-n2ncc(C(N)=S)c2C)cc1. The highest BCUT2D eigenvalue weighted by atomic mass is 32.1. The van der Waals surface area contributed by atoms with Gasteiger partial charge in [-0.2, -0.15) is 5.10 Å². The summed E-state index contributed by atoms with van der Waals surface area (Å²) in [5, 5.41) is 4.27. The maximum Gasteiger partial charge on any atom is 0.119 e. The van der Waals surface area contributed by atoms with E-state index in [4.69, 9.17) is 22.7 Å². The molecule has 2 rings (SSSR count). The molecular weight excluding hydrogens is 234 g/mol. The second-order valence-corrected chi connectivity index (χ2v) is 4.06. The zero-order chi connectivity index (χ0) is 12.4. The van der Waals surface area contributed by atoms with Crippen LogP contribution in [0.3, 0.4) is 0 Å². The Morgan fingerprint density at radius 3 is 2.47 bits per heavy atom. The zero-order valence-corrected chi connectivity index (χ0v) is 10.5. The summed E-state index contributed by atoms with van der Waals surface area (Å²) in [7, 11) is 1.64. The van der Waals surface area contributed by atoms with Crippen LogP contribution in [0.2, 0.25) is 0 Å². The van der Waals surface area contributed by atoms with Crippen molar-refractivity contribution in [1.29, 1.82) is 0 Å². The topological polar surface area (TPSA) is 53.1 Å². The van der Waals surface area contributed by atoms with Crippen LogP contribution >= 0.6 is 12.2 Å². The van der Waals surface area contributed by atoms with Crippen LogP contribution in [0.5, 0.6) is 5.75 Å². The van der Waals surface area contributed by atoms with Crippen molar-refractivity contribution in [3.63, 3.8) is 0 Å². The lowest BCUT2D eigenvalue weighted by Gasteiger charge is -2.06. The normalized spacial score (nSPS) is 10.2. The summed E-state index contributed by atoms with van der Waals surface area (Å²) in [5.41, 5.74) is 8.29. The number of nitrogens with zero attached hydrogens (tertiary/aromatic N) is 2. The summed E-state index contributed by atoms with van der Waals surface area (Å²) in [6.07, 6.45) is 1.68. The Balaban J connectivity index is 2.42. The molecule has 0 spiro atoms. The standard InChI is InChI=1S/C12H13N3OS/c1-8-11(12(13)17)7-14-15(8)9-3-5-10(16-2)6-4-9/h3-7H,1-2H3,(H2,13,17). The summed E-state index contributed by atoms with van der Waals surface area (Å²) in [6.45, 7) is 1.94. The number of hydrogen-bond acceptors (Lipinski definition) is 3. The molecule has 4 nitrogen and oxygen atoms in total. The van der Waals surface area contributed by atoms with E-state index in [1.807, 2.05) is 31.2 Å². The number of aromatic nitrogens is 2. The fraction of sp³-hybridized carbons (Fsp3) is 0.167. The van der Waals surface area contributed by atoms with Crippen LogP contribution in [0.1, 0.15) is 11.3 Å². The van der Waals surface area contributed by atoms with Gasteiger partial charge < -0.3 is 10.5 Å². The van der Waals surface area contributed by atoms with Crippen LogP contribution in [0.4, 0.5) is 0 Å². The molecule has 0 bridgehead atoms. The van der Waals surface area contributed by atoms with Gasteiger partial charge >= 0.3 is 0 Å². The highest BCUT2D eigenvalue weighted by molar-refractivity contribution is 7.80. The van der Waals surface area contributed by atoms with Crippen LogP contribution in [0.15, 0.2) is 30.5 Å². The molecule has 0 saturated carbocycles. The van der Waals surface area contributed by atoms with Crippen LogP contribution in [-0.2, 0) is 0 Å². The number of hydrogen-bond donors (Lipinski definition) is 1. The Labute approximate surface area is 105 Å². The molecular formula is C12H13N3OS. The third kappa shape index (κ3) is 2.14. The van der Waals surface area contributed by atoms with Gasteiger partial charge in [0, 0.05) is 0 Å². The summed E-state index contributed by atoms with van der Waals surface area (Å²) >= 11 is 4.96. The first-order chi connectivity index (χ1) is 8.13. The second kappa shape index (κ2) is 4.55. The number of thiocarbonyl (C=S) groups is 1. The predicted octanol–water partition coefficient (Wildman–Crippen LogP) is 1.82. The van der Waals surface area contributed by atoms with Crippen LogP contribution in [-0.4, -0.2) is 21.9 Å². The maximum absolute atomic E-state index is 5.61. The molecule has 0 saturated heterocycles. The first kappa shape index (κ1) is 11.6. The van der Waals surface area contributed by atoms with E-state index in [0.29, 0.717) is 4.99 Å². The summed E-state index contributed by atoms with van der Waals surface area (Å²) in [6, 6.07) is 7.64. The number of benzene rings is 1. The third-order valence-corrected chi connectivity index (χ3v) is 2.81. The molecule has 1 aromatic carbocycles. The van der Waals surface area contributed by atoms with Crippen molar-refractivity contribution in [3.8, 4) is 11.4 Å². The fourth-order valence-corrected chi connectivity index (χ4v) is 1.84. The molecule has 1 heterocycles. The highest BCUT2D eigenvalue weighted by Crippen LogP contribution is 2.17. The molecule has 0 aliphatic heterocycles. The minimum Gasteiger partial charge on any atom is -0.497 e. The van der Waals surface area contributed by atoms with Gasteiger partial charge in [-0.15, -0.1) is 0 Å². The zero-order valence-electron chi connectivity index (χ0n) is 9.68.